The van der Waals surface area contributed by atoms with Crippen LogP contribution in [-0.2, 0) is 0 Å². The quantitative estimate of drug-likeness (QED) is 0.628. The Morgan fingerprint density at radius 2 is 2.36 bits per heavy atom. The van der Waals surface area contributed by atoms with Gasteiger partial charge in [0.05, 0.1) is 5.56 Å². The number of allylic oxidation sites excluding steroid dienone is 2. The van der Waals surface area contributed by atoms with Crippen molar-refractivity contribution in [1.29, 1.82) is 0 Å². The fourth-order valence-corrected chi connectivity index (χ4v) is 1.47. The van der Waals surface area contributed by atoms with Crippen molar-refractivity contribution in [2.75, 3.05) is 0 Å². The van der Waals surface area contributed by atoms with E-state index in [1.807, 2.05) is 24.3 Å². The number of fused-ring (bicyclic) bond motifs is 3. The Balaban J connectivity index is 2.46. The minimum Gasteiger partial charge on any atom is -0.419 e. The summed E-state index contributed by atoms with van der Waals surface area (Å²) in [6, 6.07) is 3.85. The van der Waals surface area contributed by atoms with Crippen LogP contribution in [0.1, 0.15) is 5.56 Å². The topological polar surface area (TPSA) is 38.4 Å². The van der Waals surface area contributed by atoms with E-state index in [4.69, 9.17) is 4.42 Å². The van der Waals surface area contributed by atoms with Crippen LogP contribution in [0.5, 0.6) is 0 Å². The van der Waals surface area contributed by atoms with E-state index in [2.05, 4.69) is 15.8 Å². The van der Waals surface area contributed by atoms with E-state index in [-0.39, 0.29) is 0 Å². The standard InChI is InChI=1S/C11H6N2O/c1-2-6-12-10-8(4-1)9-5-3-7-13-11(9)14-10/h1-5,7H. The SMILES string of the molecule is C1=CC=Cc2c(oc3ncccc23)N=1. The highest BCUT2D eigenvalue weighted by Gasteiger charge is 2.11. The molecule has 0 amide bonds. The average molecular weight is 182 g/mol. The molecule has 2 aromatic rings. The number of hydrogen-bond donors (Lipinski definition) is 0. The van der Waals surface area contributed by atoms with Gasteiger partial charge >= 0.3 is 0 Å². The second-order valence-electron chi connectivity index (χ2n) is 2.94. The van der Waals surface area contributed by atoms with Crippen molar-refractivity contribution in [1.82, 2.24) is 4.98 Å². The molecule has 1 aliphatic heterocycles. The maximum atomic E-state index is 5.46. The molecule has 0 bridgehead atoms. The van der Waals surface area contributed by atoms with E-state index in [0.29, 0.717) is 11.6 Å². The molecule has 0 spiro atoms. The zero-order chi connectivity index (χ0) is 9.38. The zero-order valence-corrected chi connectivity index (χ0v) is 7.27. The normalized spacial score (nSPS) is 13.1. The van der Waals surface area contributed by atoms with Gasteiger partial charge in [-0.1, -0.05) is 6.08 Å². The average Bonchev–Trinajstić information content (AvgIpc) is 2.42. The second-order valence-corrected chi connectivity index (χ2v) is 2.94. The Labute approximate surface area is 80.1 Å². The smallest absolute Gasteiger partial charge is 0.237 e. The highest BCUT2D eigenvalue weighted by molar-refractivity contribution is 5.91. The summed E-state index contributed by atoms with van der Waals surface area (Å²) in [5.74, 6) is 3.33. The Hall–Kier alpha value is -2.12. The highest BCUT2D eigenvalue weighted by Crippen LogP contribution is 2.32. The molecule has 3 heteroatoms. The monoisotopic (exact) mass is 182 g/mol. The largest absolute Gasteiger partial charge is 0.419 e. The Kier molecular flexibility index (Phi) is 1.40. The predicted octanol–water partition coefficient (Wildman–Crippen LogP) is 2.71. The predicted molar refractivity (Wildman–Crippen MR) is 54.7 cm³/mol. The molecule has 0 aliphatic carbocycles. The van der Waals surface area contributed by atoms with Crippen molar-refractivity contribution in [2.45, 2.75) is 0 Å². The number of pyridine rings is 1. The molecule has 0 unspecified atom stereocenters. The van der Waals surface area contributed by atoms with Gasteiger partial charge in [0, 0.05) is 11.6 Å². The van der Waals surface area contributed by atoms with Crippen LogP contribution < -0.4 is 0 Å². The van der Waals surface area contributed by atoms with Crippen LogP contribution >= 0.6 is 0 Å². The van der Waals surface area contributed by atoms with Crippen LogP contribution in [0.4, 0.5) is 5.88 Å². The third-order valence-corrected chi connectivity index (χ3v) is 2.08. The van der Waals surface area contributed by atoms with Gasteiger partial charge in [-0.05, 0) is 30.2 Å². The van der Waals surface area contributed by atoms with Crippen molar-refractivity contribution in [3.8, 4) is 0 Å². The molecule has 0 saturated carbocycles. The fourth-order valence-electron chi connectivity index (χ4n) is 1.47. The lowest BCUT2D eigenvalue weighted by Crippen LogP contribution is -1.71. The molecule has 3 heterocycles. The van der Waals surface area contributed by atoms with Crippen LogP contribution in [0.2, 0.25) is 0 Å². The Morgan fingerprint density at radius 3 is 3.36 bits per heavy atom. The Bertz CT molecular complexity index is 586. The first-order chi connectivity index (χ1) is 6.95. The van der Waals surface area contributed by atoms with E-state index in [1.54, 1.807) is 12.3 Å². The van der Waals surface area contributed by atoms with Crippen molar-refractivity contribution in [2.24, 2.45) is 4.99 Å². The summed E-state index contributed by atoms with van der Waals surface area (Å²) in [5, 5.41) is 0.986. The van der Waals surface area contributed by atoms with Crippen molar-refractivity contribution >= 4 is 28.9 Å². The lowest BCUT2D eigenvalue weighted by Gasteiger charge is -1.86. The highest BCUT2D eigenvalue weighted by atomic mass is 16.4. The molecule has 2 aromatic heterocycles. The molecule has 0 saturated heterocycles. The first-order valence-electron chi connectivity index (χ1n) is 4.29. The van der Waals surface area contributed by atoms with Crippen molar-refractivity contribution in [3.05, 3.63) is 36.0 Å². The number of rotatable bonds is 0. The molecule has 1 aliphatic rings. The van der Waals surface area contributed by atoms with Crippen LogP contribution in [0.3, 0.4) is 0 Å². The fraction of sp³-hybridized carbons (Fsp3) is 0. The summed E-state index contributed by atoms with van der Waals surface area (Å²) in [6.45, 7) is 0. The molecular formula is C11H6N2O. The third kappa shape index (κ3) is 0.934. The van der Waals surface area contributed by atoms with Gasteiger partial charge in [-0.2, -0.15) is 4.99 Å². The second kappa shape index (κ2) is 2.69. The van der Waals surface area contributed by atoms with Crippen LogP contribution in [0, 0.1) is 0 Å². The maximum absolute atomic E-state index is 5.46. The zero-order valence-electron chi connectivity index (χ0n) is 7.27. The lowest BCUT2D eigenvalue weighted by molar-refractivity contribution is 0.613. The summed E-state index contributed by atoms with van der Waals surface area (Å²) in [6.07, 6.45) is 7.29. The van der Waals surface area contributed by atoms with E-state index in [9.17, 15) is 0 Å². The minimum atomic E-state index is 0.573. The van der Waals surface area contributed by atoms with Crippen molar-refractivity contribution < 1.29 is 4.42 Å². The van der Waals surface area contributed by atoms with Crippen LogP contribution in [0.15, 0.2) is 39.9 Å². The molecule has 0 aromatic carbocycles. The summed E-state index contributed by atoms with van der Waals surface area (Å²) in [7, 11) is 0. The van der Waals surface area contributed by atoms with Gasteiger partial charge in [0.25, 0.3) is 0 Å². The molecule has 3 nitrogen and oxygen atoms in total. The summed E-state index contributed by atoms with van der Waals surface area (Å²) in [4.78, 5) is 8.17. The van der Waals surface area contributed by atoms with E-state index in [1.165, 1.54) is 0 Å². The number of hydrogen-bond acceptors (Lipinski definition) is 3. The van der Waals surface area contributed by atoms with E-state index < -0.39 is 0 Å². The maximum Gasteiger partial charge on any atom is 0.237 e. The van der Waals surface area contributed by atoms with Crippen molar-refractivity contribution in [3.63, 3.8) is 0 Å². The van der Waals surface area contributed by atoms with Gasteiger partial charge in [0.1, 0.15) is 0 Å². The minimum absolute atomic E-state index is 0.573. The molecule has 14 heavy (non-hydrogen) atoms. The number of aromatic nitrogens is 1. The molecule has 0 fully saturated rings. The molecule has 66 valence electrons. The number of aliphatic imine (C=N–C) groups is 1. The molecular weight excluding hydrogens is 176 g/mol. The van der Waals surface area contributed by atoms with Crippen LogP contribution in [0.25, 0.3) is 17.2 Å². The molecule has 3 rings (SSSR count). The number of nitrogens with zero attached hydrogens (tertiary/aromatic N) is 2. The lowest BCUT2D eigenvalue weighted by atomic mass is 10.2. The molecule has 0 atom stereocenters. The summed E-state index contributed by atoms with van der Waals surface area (Å²) >= 11 is 0. The molecule has 0 N–H and O–H groups in total. The Morgan fingerprint density at radius 1 is 1.36 bits per heavy atom. The molecule has 0 radical (unpaired) electrons. The third-order valence-electron chi connectivity index (χ3n) is 2.08. The first kappa shape index (κ1) is 7.30. The van der Waals surface area contributed by atoms with Crippen LogP contribution in [-0.4, -0.2) is 10.9 Å². The van der Waals surface area contributed by atoms with E-state index >= 15 is 0 Å². The van der Waals surface area contributed by atoms with E-state index in [0.717, 1.165) is 10.9 Å². The summed E-state index contributed by atoms with van der Waals surface area (Å²) in [5.41, 5.74) is 1.59. The van der Waals surface area contributed by atoms with Gasteiger partial charge in [-0.15, -0.1) is 0 Å². The summed E-state index contributed by atoms with van der Waals surface area (Å²) < 4.78 is 5.46. The first-order valence-corrected chi connectivity index (χ1v) is 4.29. The van der Waals surface area contributed by atoms with Gasteiger partial charge < -0.3 is 4.42 Å². The van der Waals surface area contributed by atoms with Gasteiger partial charge in [-0.3, -0.25) is 0 Å². The van der Waals surface area contributed by atoms with Gasteiger partial charge in [0.15, 0.2) is 0 Å². The van der Waals surface area contributed by atoms with Gasteiger partial charge in [0.2, 0.25) is 11.6 Å². The number of furan rings is 1. The van der Waals surface area contributed by atoms with Gasteiger partial charge in [-0.25, -0.2) is 4.98 Å².